The van der Waals surface area contributed by atoms with Crippen LogP contribution in [0.5, 0.6) is 0 Å². The average Bonchev–Trinajstić information content (AvgIpc) is 2.78. The molecule has 1 atom stereocenters. The van der Waals surface area contributed by atoms with Crippen molar-refractivity contribution in [1.29, 1.82) is 0 Å². The highest BCUT2D eigenvalue weighted by Crippen LogP contribution is 2.35. The molecule has 1 saturated heterocycles. The molecule has 2 aliphatic heterocycles. The minimum Gasteiger partial charge on any atom is -0.348 e. The Bertz CT molecular complexity index is 330. The summed E-state index contributed by atoms with van der Waals surface area (Å²) in [5.74, 6) is 3.44. The Morgan fingerprint density at radius 3 is 3.07 bits per heavy atom. The van der Waals surface area contributed by atoms with Gasteiger partial charge >= 0.3 is 0 Å². The molecule has 0 aliphatic carbocycles. The first-order valence-corrected chi connectivity index (χ1v) is 6.94. The number of fused-ring (bicyclic) bond motifs is 1. The van der Waals surface area contributed by atoms with Gasteiger partial charge < -0.3 is 10.3 Å². The largest absolute Gasteiger partial charge is 0.348 e. The summed E-state index contributed by atoms with van der Waals surface area (Å²) < 4.78 is 0. The number of imidazole rings is 1. The Morgan fingerprint density at radius 1 is 1.33 bits per heavy atom. The summed E-state index contributed by atoms with van der Waals surface area (Å²) >= 11 is 2.09. The number of aromatic nitrogens is 2. The zero-order chi connectivity index (χ0) is 10.1. The molecule has 1 fully saturated rings. The molecule has 0 saturated carbocycles. The molecule has 82 valence electrons. The number of rotatable bonds is 1. The van der Waals surface area contributed by atoms with E-state index in [9.17, 15) is 0 Å². The molecule has 1 aromatic rings. The lowest BCUT2D eigenvalue weighted by Crippen LogP contribution is -2.36. The second-order valence-corrected chi connectivity index (χ2v) is 5.62. The molecular formula is C11H17N3S. The third kappa shape index (κ3) is 1.81. The van der Waals surface area contributed by atoms with E-state index >= 15 is 0 Å². The van der Waals surface area contributed by atoms with Crippen LogP contribution in [0.15, 0.2) is 6.33 Å². The lowest BCUT2D eigenvalue weighted by Gasteiger charge is -2.32. The van der Waals surface area contributed by atoms with Crippen LogP contribution in [0.1, 0.15) is 30.3 Å². The smallest absolute Gasteiger partial charge is 0.0925 e. The first-order valence-electron chi connectivity index (χ1n) is 5.78. The molecule has 0 aromatic carbocycles. The first-order chi connectivity index (χ1) is 7.45. The Hall–Kier alpha value is -0.480. The Kier molecular flexibility index (Phi) is 2.71. The van der Waals surface area contributed by atoms with Crippen molar-refractivity contribution in [3.8, 4) is 0 Å². The fourth-order valence-corrected chi connectivity index (χ4v) is 3.83. The molecule has 2 N–H and O–H groups in total. The summed E-state index contributed by atoms with van der Waals surface area (Å²) in [6.07, 6.45) is 5.64. The maximum absolute atomic E-state index is 4.49. The van der Waals surface area contributed by atoms with E-state index in [0.29, 0.717) is 6.04 Å². The predicted molar refractivity (Wildman–Crippen MR) is 63.1 cm³/mol. The Labute approximate surface area is 94.4 Å². The van der Waals surface area contributed by atoms with Crippen molar-refractivity contribution in [2.75, 3.05) is 18.1 Å². The number of thioether (sulfide) groups is 1. The maximum atomic E-state index is 4.49. The first kappa shape index (κ1) is 9.73. The fourth-order valence-electron chi connectivity index (χ4n) is 2.69. The van der Waals surface area contributed by atoms with Gasteiger partial charge in [0.05, 0.1) is 18.1 Å². The zero-order valence-electron chi connectivity index (χ0n) is 8.83. The molecule has 1 unspecified atom stereocenters. The van der Waals surface area contributed by atoms with Crippen molar-refractivity contribution in [3.63, 3.8) is 0 Å². The Morgan fingerprint density at radius 2 is 2.20 bits per heavy atom. The highest BCUT2D eigenvalue weighted by Gasteiger charge is 2.30. The van der Waals surface area contributed by atoms with Crippen molar-refractivity contribution in [2.24, 2.45) is 5.92 Å². The molecule has 3 rings (SSSR count). The van der Waals surface area contributed by atoms with Gasteiger partial charge in [-0.2, -0.15) is 11.8 Å². The van der Waals surface area contributed by atoms with Gasteiger partial charge in [-0.1, -0.05) is 0 Å². The third-order valence-corrected chi connectivity index (χ3v) is 4.57. The van der Waals surface area contributed by atoms with E-state index in [-0.39, 0.29) is 0 Å². The molecule has 3 heterocycles. The summed E-state index contributed by atoms with van der Waals surface area (Å²) in [5, 5.41) is 3.64. The number of nitrogens with zero attached hydrogens (tertiary/aromatic N) is 1. The lowest BCUT2D eigenvalue weighted by atomic mass is 9.88. The van der Waals surface area contributed by atoms with Crippen LogP contribution in [0.25, 0.3) is 0 Å². The van der Waals surface area contributed by atoms with E-state index in [0.717, 1.165) is 18.9 Å². The SMILES string of the molecule is c1nc2c([nH]1)CCNC2C1CCSCC1. The van der Waals surface area contributed by atoms with Gasteiger partial charge in [0, 0.05) is 18.7 Å². The van der Waals surface area contributed by atoms with Gasteiger partial charge in [0.15, 0.2) is 0 Å². The van der Waals surface area contributed by atoms with Crippen molar-refractivity contribution in [2.45, 2.75) is 25.3 Å². The topological polar surface area (TPSA) is 40.7 Å². The van der Waals surface area contributed by atoms with E-state index in [4.69, 9.17) is 0 Å². The molecule has 15 heavy (non-hydrogen) atoms. The highest BCUT2D eigenvalue weighted by atomic mass is 32.2. The number of H-pyrrole nitrogens is 1. The van der Waals surface area contributed by atoms with Gasteiger partial charge in [-0.25, -0.2) is 4.98 Å². The third-order valence-electron chi connectivity index (χ3n) is 3.52. The van der Waals surface area contributed by atoms with Gasteiger partial charge in [-0.15, -0.1) is 0 Å². The van der Waals surface area contributed by atoms with Gasteiger partial charge in [0.2, 0.25) is 0 Å². The second-order valence-electron chi connectivity index (χ2n) is 4.40. The summed E-state index contributed by atoms with van der Waals surface area (Å²) in [7, 11) is 0. The Balaban J connectivity index is 1.82. The molecule has 0 spiro atoms. The molecule has 3 nitrogen and oxygen atoms in total. The van der Waals surface area contributed by atoms with Gasteiger partial charge in [-0.3, -0.25) is 0 Å². The zero-order valence-corrected chi connectivity index (χ0v) is 9.65. The van der Waals surface area contributed by atoms with Crippen LogP contribution in [-0.2, 0) is 6.42 Å². The predicted octanol–water partition coefficient (Wildman–Crippen LogP) is 1.74. The molecule has 1 aromatic heterocycles. The van der Waals surface area contributed by atoms with Crippen LogP contribution in [0.2, 0.25) is 0 Å². The van der Waals surface area contributed by atoms with E-state index in [1.807, 2.05) is 6.33 Å². The molecule has 2 aliphatic rings. The van der Waals surface area contributed by atoms with Gasteiger partial charge in [0.1, 0.15) is 0 Å². The minimum atomic E-state index is 0.515. The van der Waals surface area contributed by atoms with E-state index in [1.165, 1.54) is 35.7 Å². The van der Waals surface area contributed by atoms with Crippen LogP contribution < -0.4 is 5.32 Å². The summed E-state index contributed by atoms with van der Waals surface area (Å²) in [4.78, 5) is 7.76. The van der Waals surface area contributed by atoms with Crippen molar-refractivity contribution in [3.05, 3.63) is 17.7 Å². The van der Waals surface area contributed by atoms with Crippen LogP contribution in [0.3, 0.4) is 0 Å². The van der Waals surface area contributed by atoms with Gasteiger partial charge in [-0.05, 0) is 30.3 Å². The van der Waals surface area contributed by atoms with Crippen LogP contribution in [0, 0.1) is 5.92 Å². The van der Waals surface area contributed by atoms with E-state index in [1.54, 1.807) is 0 Å². The minimum absolute atomic E-state index is 0.515. The average molecular weight is 223 g/mol. The lowest BCUT2D eigenvalue weighted by molar-refractivity contribution is 0.322. The second kappa shape index (κ2) is 4.18. The normalized spacial score (nSPS) is 27.6. The summed E-state index contributed by atoms with van der Waals surface area (Å²) in [6, 6.07) is 0.515. The standard InChI is InChI=1S/C11H17N3S/c1-4-12-10(8-2-5-15-6-3-8)11-9(1)13-7-14-11/h7-8,10,12H,1-6H2,(H,13,14). The number of aromatic amines is 1. The number of hydrogen-bond donors (Lipinski definition) is 2. The highest BCUT2D eigenvalue weighted by molar-refractivity contribution is 7.99. The monoisotopic (exact) mass is 223 g/mol. The van der Waals surface area contributed by atoms with Crippen molar-refractivity contribution in [1.82, 2.24) is 15.3 Å². The van der Waals surface area contributed by atoms with Crippen LogP contribution >= 0.6 is 11.8 Å². The quantitative estimate of drug-likeness (QED) is 0.762. The maximum Gasteiger partial charge on any atom is 0.0925 e. The van der Waals surface area contributed by atoms with E-state index < -0.39 is 0 Å². The fraction of sp³-hybridized carbons (Fsp3) is 0.727. The number of nitrogens with one attached hydrogen (secondary N) is 2. The summed E-state index contributed by atoms with van der Waals surface area (Å²) in [6.45, 7) is 1.10. The van der Waals surface area contributed by atoms with Crippen molar-refractivity contribution >= 4 is 11.8 Å². The molecule has 0 bridgehead atoms. The molecule has 0 amide bonds. The molecular weight excluding hydrogens is 206 g/mol. The molecule has 0 radical (unpaired) electrons. The van der Waals surface area contributed by atoms with Gasteiger partial charge in [0.25, 0.3) is 0 Å². The summed E-state index contributed by atoms with van der Waals surface area (Å²) in [5.41, 5.74) is 2.65. The van der Waals surface area contributed by atoms with Crippen LogP contribution in [-0.4, -0.2) is 28.0 Å². The van der Waals surface area contributed by atoms with E-state index in [2.05, 4.69) is 27.0 Å². The number of hydrogen-bond acceptors (Lipinski definition) is 3. The molecule has 4 heteroatoms. The van der Waals surface area contributed by atoms with Crippen LogP contribution in [0.4, 0.5) is 0 Å². The van der Waals surface area contributed by atoms with Crippen molar-refractivity contribution < 1.29 is 0 Å².